The van der Waals surface area contributed by atoms with Gasteiger partial charge in [0.25, 0.3) is 5.91 Å². The molecular weight excluding hydrogens is 727 g/mol. The minimum absolute atomic E-state index is 0.0771. The monoisotopic (exact) mass is 764 g/mol. The van der Waals surface area contributed by atoms with Crippen molar-refractivity contribution in [2.45, 2.75) is 68.7 Å². The molecule has 0 radical (unpaired) electrons. The van der Waals surface area contributed by atoms with Gasteiger partial charge in [-0.2, -0.15) is 22.0 Å². The zero-order chi connectivity index (χ0) is 39.1. The molecular formula is C37H38ClF5N4O6. The highest BCUT2D eigenvalue weighted by Crippen LogP contribution is 2.48. The highest BCUT2D eigenvalue weighted by atomic mass is 35.5. The average molecular weight is 765 g/mol. The van der Waals surface area contributed by atoms with Crippen molar-refractivity contribution in [2.24, 2.45) is 5.92 Å². The van der Waals surface area contributed by atoms with E-state index < -0.39 is 77.5 Å². The largest absolute Gasteiger partial charge is 0.497 e. The lowest BCUT2D eigenvalue weighted by Gasteiger charge is -2.29. The number of alkyl halides is 5. The van der Waals surface area contributed by atoms with E-state index in [0.717, 1.165) is 10.9 Å². The minimum atomic E-state index is -5.03. The summed E-state index contributed by atoms with van der Waals surface area (Å²) in [7, 11) is 1.38. The second-order valence-corrected chi connectivity index (χ2v) is 13.4. The molecule has 0 aliphatic heterocycles. The molecule has 0 bridgehead atoms. The average Bonchev–Trinajstić information content (AvgIpc) is 3.93. The Morgan fingerprint density at radius 3 is 2.02 bits per heavy atom. The van der Waals surface area contributed by atoms with Gasteiger partial charge in [-0.1, -0.05) is 80.0 Å². The van der Waals surface area contributed by atoms with E-state index in [1.54, 1.807) is 54.6 Å². The molecule has 1 fully saturated rings. The fourth-order valence-corrected chi connectivity index (χ4v) is 5.86. The van der Waals surface area contributed by atoms with E-state index in [1.165, 1.54) is 45.2 Å². The van der Waals surface area contributed by atoms with Crippen LogP contribution in [0.3, 0.4) is 0 Å². The van der Waals surface area contributed by atoms with Crippen LogP contribution < -0.4 is 26.0 Å². The van der Waals surface area contributed by atoms with Crippen LogP contribution in [0.25, 0.3) is 0 Å². The SMILES string of the molecule is COc1ccc([C@H](NC(=O)C(Cc2cccc(Cl)c2)NC(=O)C2(c3ccccc3)CC2)C(=O)N[C@H](C(=O)C(F)(F)C(=O)NCC(F)(F)F)C(C)C)cc1. The number of Topliss-reactive ketones (excluding diaryl/α,β-unsaturated/α-hetero) is 1. The Bertz CT molecular complexity index is 1800. The highest BCUT2D eigenvalue weighted by molar-refractivity contribution is 6.30. The molecule has 284 valence electrons. The Labute approximate surface area is 307 Å². The molecule has 0 aromatic heterocycles. The Hall–Kier alpha value is -5.05. The maximum atomic E-state index is 14.9. The summed E-state index contributed by atoms with van der Waals surface area (Å²) in [6.07, 6.45) is -4.06. The zero-order valence-electron chi connectivity index (χ0n) is 28.9. The summed E-state index contributed by atoms with van der Waals surface area (Å²) >= 11 is 6.19. The third-order valence-electron chi connectivity index (χ3n) is 8.75. The first-order chi connectivity index (χ1) is 24.9. The molecule has 3 atom stereocenters. The van der Waals surface area contributed by atoms with Gasteiger partial charge >= 0.3 is 12.1 Å². The van der Waals surface area contributed by atoms with E-state index in [2.05, 4.69) is 16.0 Å². The predicted molar refractivity (Wildman–Crippen MR) is 184 cm³/mol. The number of carbonyl (C=O) groups is 5. The van der Waals surface area contributed by atoms with E-state index in [4.69, 9.17) is 16.3 Å². The molecule has 1 aliphatic rings. The van der Waals surface area contributed by atoms with Crippen LogP contribution in [-0.4, -0.2) is 67.2 Å². The first kappa shape index (κ1) is 40.7. The van der Waals surface area contributed by atoms with Crippen molar-refractivity contribution in [2.75, 3.05) is 13.7 Å². The number of methoxy groups -OCH3 is 1. The van der Waals surface area contributed by atoms with Crippen molar-refractivity contribution >= 4 is 41.0 Å². The third kappa shape index (κ3) is 10.3. The van der Waals surface area contributed by atoms with Gasteiger partial charge in [0.05, 0.1) is 18.6 Å². The fourth-order valence-electron chi connectivity index (χ4n) is 5.64. The quantitative estimate of drug-likeness (QED) is 0.120. The van der Waals surface area contributed by atoms with Crippen LogP contribution in [0, 0.1) is 5.92 Å². The molecule has 10 nitrogen and oxygen atoms in total. The molecule has 53 heavy (non-hydrogen) atoms. The van der Waals surface area contributed by atoms with Gasteiger partial charge < -0.3 is 26.0 Å². The second kappa shape index (κ2) is 16.7. The minimum Gasteiger partial charge on any atom is -0.497 e. The van der Waals surface area contributed by atoms with Crippen LogP contribution in [0.5, 0.6) is 5.75 Å². The van der Waals surface area contributed by atoms with Gasteiger partial charge in [0.1, 0.15) is 24.4 Å². The van der Waals surface area contributed by atoms with E-state index in [1.807, 2.05) is 0 Å². The van der Waals surface area contributed by atoms with Crippen molar-refractivity contribution in [3.05, 3.63) is 101 Å². The summed E-state index contributed by atoms with van der Waals surface area (Å²) in [5, 5.41) is 8.88. The van der Waals surface area contributed by atoms with Crippen molar-refractivity contribution in [1.29, 1.82) is 0 Å². The van der Waals surface area contributed by atoms with Gasteiger partial charge in [-0.05, 0) is 59.7 Å². The number of carbonyl (C=O) groups excluding carboxylic acids is 5. The highest BCUT2D eigenvalue weighted by Gasteiger charge is 2.53. The van der Waals surface area contributed by atoms with Crippen LogP contribution in [0.4, 0.5) is 22.0 Å². The Kier molecular flexibility index (Phi) is 12.9. The van der Waals surface area contributed by atoms with Crippen LogP contribution in [-0.2, 0) is 35.8 Å². The van der Waals surface area contributed by atoms with Crippen LogP contribution >= 0.6 is 11.6 Å². The molecule has 4 rings (SSSR count). The standard InChI is InChI=1S/C37H38ClF5N4O6/c1-21(2)28(30(48)37(42,43)34(52)44-20-36(39,40)41)46-32(50)29(23-12-14-26(53-3)15-13-23)47-31(49)27(19-22-8-7-11-25(38)18-22)45-33(51)35(16-17-35)24-9-5-4-6-10-24/h4-15,18,21,27-29H,16-17,19-20H2,1-3H3,(H,44,52)(H,45,51)(H,46,50)(H,47,49)/t27?,28-,29-/m0/s1. The first-order valence-electron chi connectivity index (χ1n) is 16.5. The van der Waals surface area contributed by atoms with Crippen molar-refractivity contribution in [3.63, 3.8) is 0 Å². The second-order valence-electron chi connectivity index (χ2n) is 13.0. The van der Waals surface area contributed by atoms with Crippen LogP contribution in [0.15, 0.2) is 78.9 Å². The van der Waals surface area contributed by atoms with Gasteiger partial charge in [0, 0.05) is 11.4 Å². The van der Waals surface area contributed by atoms with E-state index in [0.29, 0.717) is 29.2 Å². The number of halogens is 6. The number of ether oxygens (including phenoxy) is 1. The van der Waals surface area contributed by atoms with Crippen LogP contribution in [0.1, 0.15) is 49.4 Å². The summed E-state index contributed by atoms with van der Waals surface area (Å²) < 4.78 is 72.8. The summed E-state index contributed by atoms with van der Waals surface area (Å²) in [4.78, 5) is 66.8. The summed E-state index contributed by atoms with van der Waals surface area (Å²) in [6.45, 7) is 0.424. The molecule has 1 unspecified atom stereocenters. The van der Waals surface area contributed by atoms with Crippen molar-refractivity contribution < 1.29 is 50.7 Å². The lowest BCUT2D eigenvalue weighted by molar-refractivity contribution is -0.165. The molecule has 0 spiro atoms. The van der Waals surface area contributed by atoms with Crippen molar-refractivity contribution in [1.82, 2.24) is 21.3 Å². The molecule has 0 saturated heterocycles. The Morgan fingerprint density at radius 2 is 1.47 bits per heavy atom. The van der Waals surface area contributed by atoms with E-state index >= 15 is 0 Å². The van der Waals surface area contributed by atoms with E-state index in [9.17, 15) is 45.9 Å². The van der Waals surface area contributed by atoms with Gasteiger partial charge in [-0.15, -0.1) is 0 Å². The number of ketones is 1. The lowest BCUT2D eigenvalue weighted by atomic mass is 9.93. The molecule has 1 saturated carbocycles. The van der Waals surface area contributed by atoms with Crippen molar-refractivity contribution in [3.8, 4) is 5.75 Å². The number of benzene rings is 3. The molecule has 16 heteroatoms. The summed E-state index contributed by atoms with van der Waals surface area (Å²) in [6, 6.07) is 16.2. The number of hydrogen-bond donors (Lipinski definition) is 4. The number of amides is 4. The number of nitrogens with one attached hydrogen (secondary N) is 4. The topological polar surface area (TPSA) is 143 Å². The molecule has 3 aromatic carbocycles. The van der Waals surface area contributed by atoms with Crippen LogP contribution in [0.2, 0.25) is 5.02 Å². The van der Waals surface area contributed by atoms with Gasteiger partial charge in [-0.3, -0.25) is 24.0 Å². The van der Waals surface area contributed by atoms with Gasteiger partial charge in [-0.25, -0.2) is 0 Å². The van der Waals surface area contributed by atoms with Gasteiger partial charge in [0.2, 0.25) is 23.5 Å². The lowest BCUT2D eigenvalue weighted by Crippen LogP contribution is -2.59. The summed E-state index contributed by atoms with van der Waals surface area (Å²) in [5.74, 6) is -12.8. The molecule has 1 aliphatic carbocycles. The van der Waals surface area contributed by atoms with Gasteiger partial charge in [0.15, 0.2) is 0 Å². The molecule has 0 heterocycles. The first-order valence-corrected chi connectivity index (χ1v) is 16.9. The molecule has 3 aromatic rings. The molecule has 4 amide bonds. The summed E-state index contributed by atoms with van der Waals surface area (Å²) in [5.41, 5.74) is 0.535. The zero-order valence-corrected chi connectivity index (χ0v) is 29.6. The fraction of sp³-hybridized carbons (Fsp3) is 0.378. The Balaban J connectivity index is 1.64. The Morgan fingerprint density at radius 1 is 0.830 bits per heavy atom. The normalized spacial score (nSPS) is 15.4. The third-order valence-corrected chi connectivity index (χ3v) is 8.99. The maximum Gasteiger partial charge on any atom is 0.405 e. The number of rotatable bonds is 16. The smallest absolute Gasteiger partial charge is 0.405 e. The number of hydrogen-bond acceptors (Lipinski definition) is 6. The maximum absolute atomic E-state index is 14.9. The molecule has 4 N–H and O–H groups in total. The predicted octanol–water partition coefficient (Wildman–Crippen LogP) is 4.99. The van der Waals surface area contributed by atoms with E-state index in [-0.39, 0.29) is 12.0 Å².